The lowest BCUT2D eigenvalue weighted by atomic mass is 10.1. The second-order valence-electron chi connectivity index (χ2n) is 6.80. The smallest absolute Gasteiger partial charge is 0.164 e. The lowest BCUT2D eigenvalue weighted by molar-refractivity contribution is 1.07. The quantitative estimate of drug-likeness (QED) is 0.468. The Morgan fingerprint density at radius 3 is 1.41 bits per heavy atom. The molecule has 0 radical (unpaired) electrons. The molecule has 4 rings (SSSR count). The first-order valence-corrected chi connectivity index (χ1v) is 9.07. The highest BCUT2D eigenvalue weighted by molar-refractivity contribution is 5.69. The van der Waals surface area contributed by atoms with Crippen molar-refractivity contribution in [3.8, 4) is 34.2 Å². The Labute approximate surface area is 159 Å². The van der Waals surface area contributed by atoms with E-state index in [1.165, 1.54) is 5.56 Å². The van der Waals surface area contributed by atoms with Crippen LogP contribution in [0.4, 0.5) is 0 Å². The van der Waals surface area contributed by atoms with Gasteiger partial charge in [0, 0.05) is 16.7 Å². The van der Waals surface area contributed by atoms with E-state index in [0.29, 0.717) is 17.5 Å². The molecule has 0 aliphatic rings. The number of hydrogen-bond donors (Lipinski definition) is 0. The minimum absolute atomic E-state index is 0.696. The topological polar surface area (TPSA) is 38.7 Å². The van der Waals surface area contributed by atoms with E-state index in [4.69, 9.17) is 15.0 Å². The van der Waals surface area contributed by atoms with E-state index in [1.807, 2.05) is 24.3 Å². The van der Waals surface area contributed by atoms with Crippen LogP contribution in [0.3, 0.4) is 0 Å². The standard InChI is InChI=1S/C24H21N3/c1-16-12-14-19(15-13-16)22-25-23(20-10-6-4-8-17(20)2)27-24(26-22)21-11-7-5-9-18(21)3/h4-15H,1-3H3. The Balaban J connectivity index is 1.95. The molecule has 0 unspecified atom stereocenters. The molecule has 0 bridgehead atoms. The van der Waals surface area contributed by atoms with Gasteiger partial charge in [-0.05, 0) is 31.9 Å². The number of rotatable bonds is 3. The Morgan fingerprint density at radius 2 is 0.926 bits per heavy atom. The number of aryl methyl sites for hydroxylation is 3. The van der Waals surface area contributed by atoms with Crippen molar-refractivity contribution in [3.63, 3.8) is 0 Å². The van der Waals surface area contributed by atoms with Gasteiger partial charge in [-0.25, -0.2) is 15.0 Å². The Bertz CT molecular complexity index is 1030. The van der Waals surface area contributed by atoms with Crippen LogP contribution in [0.5, 0.6) is 0 Å². The van der Waals surface area contributed by atoms with Crippen molar-refractivity contribution in [1.29, 1.82) is 0 Å². The highest BCUT2D eigenvalue weighted by Gasteiger charge is 2.14. The van der Waals surface area contributed by atoms with Crippen LogP contribution in [-0.4, -0.2) is 15.0 Å². The van der Waals surface area contributed by atoms with Gasteiger partial charge in [0.15, 0.2) is 17.5 Å². The first-order valence-electron chi connectivity index (χ1n) is 9.07. The fourth-order valence-electron chi connectivity index (χ4n) is 3.10. The molecule has 0 N–H and O–H groups in total. The SMILES string of the molecule is Cc1ccc(-c2nc(-c3ccccc3C)nc(-c3ccccc3C)n2)cc1. The number of nitrogens with zero attached hydrogens (tertiary/aromatic N) is 3. The summed E-state index contributed by atoms with van der Waals surface area (Å²) in [6.45, 7) is 6.24. The zero-order valence-electron chi connectivity index (χ0n) is 15.8. The molecule has 0 saturated heterocycles. The molecule has 0 saturated carbocycles. The molecular formula is C24H21N3. The number of aromatic nitrogens is 3. The van der Waals surface area contributed by atoms with Gasteiger partial charge in [-0.2, -0.15) is 0 Å². The molecule has 0 atom stereocenters. The third kappa shape index (κ3) is 3.49. The third-order valence-corrected chi connectivity index (χ3v) is 4.72. The zero-order chi connectivity index (χ0) is 18.8. The van der Waals surface area contributed by atoms with Crippen LogP contribution in [0.25, 0.3) is 34.2 Å². The third-order valence-electron chi connectivity index (χ3n) is 4.72. The molecule has 3 nitrogen and oxygen atoms in total. The summed E-state index contributed by atoms with van der Waals surface area (Å²) in [5, 5.41) is 0. The van der Waals surface area contributed by atoms with Crippen LogP contribution in [0.2, 0.25) is 0 Å². The van der Waals surface area contributed by atoms with E-state index in [1.54, 1.807) is 0 Å². The largest absolute Gasteiger partial charge is 0.208 e. The van der Waals surface area contributed by atoms with Crippen LogP contribution < -0.4 is 0 Å². The molecule has 3 aromatic carbocycles. The molecule has 0 amide bonds. The van der Waals surface area contributed by atoms with E-state index in [2.05, 4.69) is 69.3 Å². The highest BCUT2D eigenvalue weighted by atomic mass is 15.0. The van der Waals surface area contributed by atoms with Crippen molar-refractivity contribution in [1.82, 2.24) is 15.0 Å². The van der Waals surface area contributed by atoms with Gasteiger partial charge < -0.3 is 0 Å². The molecule has 27 heavy (non-hydrogen) atoms. The predicted molar refractivity (Wildman–Crippen MR) is 110 cm³/mol. The van der Waals surface area contributed by atoms with E-state index < -0.39 is 0 Å². The Morgan fingerprint density at radius 1 is 0.481 bits per heavy atom. The van der Waals surface area contributed by atoms with E-state index in [0.717, 1.165) is 27.8 Å². The van der Waals surface area contributed by atoms with Crippen LogP contribution in [0.1, 0.15) is 16.7 Å². The minimum Gasteiger partial charge on any atom is -0.208 e. The molecule has 0 aliphatic carbocycles. The van der Waals surface area contributed by atoms with Crippen LogP contribution in [-0.2, 0) is 0 Å². The maximum absolute atomic E-state index is 4.82. The molecule has 4 aromatic rings. The van der Waals surface area contributed by atoms with E-state index >= 15 is 0 Å². The highest BCUT2D eigenvalue weighted by Crippen LogP contribution is 2.27. The normalized spacial score (nSPS) is 10.8. The van der Waals surface area contributed by atoms with E-state index in [-0.39, 0.29) is 0 Å². The van der Waals surface area contributed by atoms with Crippen molar-refractivity contribution in [2.45, 2.75) is 20.8 Å². The summed E-state index contributed by atoms with van der Waals surface area (Å²) in [6.07, 6.45) is 0. The summed E-state index contributed by atoms with van der Waals surface area (Å²) in [5.74, 6) is 2.11. The van der Waals surface area contributed by atoms with Gasteiger partial charge >= 0.3 is 0 Å². The molecule has 132 valence electrons. The van der Waals surface area contributed by atoms with Crippen LogP contribution in [0, 0.1) is 20.8 Å². The van der Waals surface area contributed by atoms with Crippen molar-refractivity contribution in [2.24, 2.45) is 0 Å². The predicted octanol–water partition coefficient (Wildman–Crippen LogP) is 5.80. The monoisotopic (exact) mass is 351 g/mol. The molecule has 3 heteroatoms. The Kier molecular flexibility index (Phi) is 4.51. The average Bonchev–Trinajstić information content (AvgIpc) is 2.69. The van der Waals surface area contributed by atoms with Gasteiger partial charge in [-0.1, -0.05) is 78.4 Å². The summed E-state index contributed by atoms with van der Waals surface area (Å²) < 4.78 is 0. The Hall–Kier alpha value is -3.33. The number of hydrogen-bond acceptors (Lipinski definition) is 3. The molecular weight excluding hydrogens is 330 g/mol. The first kappa shape index (κ1) is 17.1. The van der Waals surface area contributed by atoms with Crippen molar-refractivity contribution >= 4 is 0 Å². The van der Waals surface area contributed by atoms with Gasteiger partial charge in [-0.15, -0.1) is 0 Å². The van der Waals surface area contributed by atoms with E-state index in [9.17, 15) is 0 Å². The second-order valence-corrected chi connectivity index (χ2v) is 6.80. The van der Waals surface area contributed by atoms with Crippen molar-refractivity contribution in [3.05, 3.63) is 89.5 Å². The first-order chi connectivity index (χ1) is 13.1. The average molecular weight is 351 g/mol. The van der Waals surface area contributed by atoms with Gasteiger partial charge in [-0.3, -0.25) is 0 Å². The molecule has 0 spiro atoms. The van der Waals surface area contributed by atoms with Gasteiger partial charge in [0.2, 0.25) is 0 Å². The number of benzene rings is 3. The fraction of sp³-hybridized carbons (Fsp3) is 0.125. The molecule has 0 fully saturated rings. The summed E-state index contributed by atoms with van der Waals surface area (Å²) in [6, 6.07) is 24.7. The maximum atomic E-state index is 4.82. The van der Waals surface area contributed by atoms with Crippen molar-refractivity contribution < 1.29 is 0 Å². The minimum atomic E-state index is 0.696. The lowest BCUT2D eigenvalue weighted by Crippen LogP contribution is -2.01. The fourth-order valence-corrected chi connectivity index (χ4v) is 3.10. The summed E-state index contributed by atoms with van der Waals surface area (Å²) in [5.41, 5.74) is 6.56. The summed E-state index contributed by atoms with van der Waals surface area (Å²) >= 11 is 0. The summed E-state index contributed by atoms with van der Waals surface area (Å²) in [7, 11) is 0. The van der Waals surface area contributed by atoms with Gasteiger partial charge in [0.1, 0.15) is 0 Å². The lowest BCUT2D eigenvalue weighted by Gasteiger charge is -2.11. The summed E-state index contributed by atoms with van der Waals surface area (Å²) in [4.78, 5) is 14.4. The van der Waals surface area contributed by atoms with Gasteiger partial charge in [0.25, 0.3) is 0 Å². The molecule has 1 heterocycles. The van der Waals surface area contributed by atoms with Gasteiger partial charge in [0.05, 0.1) is 0 Å². The second kappa shape index (κ2) is 7.12. The molecule has 0 aliphatic heterocycles. The molecule has 1 aromatic heterocycles. The maximum Gasteiger partial charge on any atom is 0.164 e. The van der Waals surface area contributed by atoms with Crippen molar-refractivity contribution in [2.75, 3.05) is 0 Å². The zero-order valence-corrected chi connectivity index (χ0v) is 15.8. The van der Waals surface area contributed by atoms with Crippen LogP contribution >= 0.6 is 0 Å². The van der Waals surface area contributed by atoms with Crippen LogP contribution in [0.15, 0.2) is 72.8 Å².